The second kappa shape index (κ2) is 9.31. The molecule has 0 aliphatic rings. The molecule has 0 heterocycles. The van der Waals surface area contributed by atoms with Crippen molar-refractivity contribution in [2.45, 2.75) is 26.3 Å². The summed E-state index contributed by atoms with van der Waals surface area (Å²) < 4.78 is 0. The van der Waals surface area contributed by atoms with Gasteiger partial charge in [-0.15, -0.1) is 0 Å². The lowest BCUT2D eigenvalue weighted by molar-refractivity contribution is 0.0937. The van der Waals surface area contributed by atoms with Gasteiger partial charge in [-0.2, -0.15) is 0 Å². The molecule has 2 aromatic rings. The van der Waals surface area contributed by atoms with Crippen molar-refractivity contribution >= 4 is 46.4 Å². The average Bonchev–Trinajstić information content (AvgIpc) is 2.62. The van der Waals surface area contributed by atoms with E-state index in [1.165, 1.54) is 0 Å². The Kier molecular flexibility index (Phi) is 7.12. The molecule has 3 N–H and O–H groups in total. The Labute approximate surface area is 163 Å². The number of amides is 2. The van der Waals surface area contributed by atoms with Gasteiger partial charge in [0.1, 0.15) is 0 Å². The third-order valence-electron chi connectivity index (χ3n) is 3.74. The Hall–Kier alpha value is -2.44. The molecule has 26 heavy (non-hydrogen) atoms. The van der Waals surface area contributed by atoms with Crippen LogP contribution in [-0.4, -0.2) is 23.0 Å². The van der Waals surface area contributed by atoms with Gasteiger partial charge in [0.25, 0.3) is 11.8 Å². The van der Waals surface area contributed by atoms with Gasteiger partial charge in [0, 0.05) is 17.3 Å². The molecule has 1 atom stereocenters. The summed E-state index contributed by atoms with van der Waals surface area (Å²) in [5, 5.41) is 8.88. The van der Waals surface area contributed by atoms with Gasteiger partial charge in [0.15, 0.2) is 5.11 Å². The van der Waals surface area contributed by atoms with E-state index in [9.17, 15) is 9.59 Å². The van der Waals surface area contributed by atoms with E-state index in [0.717, 1.165) is 6.42 Å². The first-order valence-electron chi connectivity index (χ1n) is 8.18. The summed E-state index contributed by atoms with van der Waals surface area (Å²) in [5.74, 6) is -0.516. The second-order valence-corrected chi connectivity index (χ2v) is 6.56. The highest BCUT2D eigenvalue weighted by molar-refractivity contribution is 7.80. The highest BCUT2D eigenvalue weighted by atomic mass is 35.5. The number of carbonyl (C=O) groups is 2. The van der Waals surface area contributed by atoms with E-state index in [4.69, 9.17) is 23.8 Å². The Morgan fingerprint density at radius 2 is 1.73 bits per heavy atom. The molecule has 0 spiro atoms. The van der Waals surface area contributed by atoms with Crippen molar-refractivity contribution in [2.75, 3.05) is 5.32 Å². The number of hydrogen-bond donors (Lipinski definition) is 3. The zero-order valence-corrected chi connectivity index (χ0v) is 16.1. The Balaban J connectivity index is 1.94. The van der Waals surface area contributed by atoms with Crippen LogP contribution in [0.4, 0.5) is 5.69 Å². The fraction of sp³-hybridized carbons (Fsp3) is 0.211. The number of benzene rings is 2. The van der Waals surface area contributed by atoms with Gasteiger partial charge in [-0.3, -0.25) is 14.9 Å². The van der Waals surface area contributed by atoms with Crippen molar-refractivity contribution in [3.05, 3.63) is 64.7 Å². The maximum Gasteiger partial charge on any atom is 0.258 e. The summed E-state index contributed by atoms with van der Waals surface area (Å²) in [6.07, 6.45) is 0.866. The van der Waals surface area contributed by atoms with E-state index in [2.05, 4.69) is 16.0 Å². The molecule has 7 heteroatoms. The zero-order chi connectivity index (χ0) is 19.1. The van der Waals surface area contributed by atoms with Crippen LogP contribution in [0.5, 0.6) is 0 Å². The summed E-state index contributed by atoms with van der Waals surface area (Å²) in [6, 6.07) is 13.7. The van der Waals surface area contributed by atoms with E-state index in [1.807, 2.05) is 13.8 Å². The average molecular weight is 390 g/mol. The van der Waals surface area contributed by atoms with E-state index < -0.39 is 5.91 Å². The highest BCUT2D eigenvalue weighted by Gasteiger charge is 2.12. The van der Waals surface area contributed by atoms with Crippen molar-refractivity contribution in [3.63, 3.8) is 0 Å². The molecule has 2 rings (SSSR count). The zero-order valence-electron chi connectivity index (χ0n) is 14.5. The fourth-order valence-electron chi connectivity index (χ4n) is 2.09. The molecule has 0 fully saturated rings. The largest absolute Gasteiger partial charge is 0.350 e. The van der Waals surface area contributed by atoms with Crippen LogP contribution >= 0.6 is 23.8 Å². The van der Waals surface area contributed by atoms with Gasteiger partial charge in [0.2, 0.25) is 0 Å². The molecule has 5 nitrogen and oxygen atoms in total. The normalized spacial score (nSPS) is 11.3. The van der Waals surface area contributed by atoms with Gasteiger partial charge in [0.05, 0.1) is 10.6 Å². The van der Waals surface area contributed by atoms with Crippen LogP contribution in [-0.2, 0) is 0 Å². The lowest BCUT2D eigenvalue weighted by Crippen LogP contribution is -2.34. The third kappa shape index (κ3) is 5.54. The number of carbonyl (C=O) groups excluding carboxylic acids is 2. The molecule has 2 aromatic carbocycles. The number of anilines is 1. The van der Waals surface area contributed by atoms with Gasteiger partial charge in [-0.05, 0) is 62.0 Å². The van der Waals surface area contributed by atoms with Crippen LogP contribution in [0, 0.1) is 0 Å². The quantitative estimate of drug-likeness (QED) is 0.676. The molecule has 0 aliphatic carbocycles. The SMILES string of the molecule is CCC(C)NC(=O)c1ccc(NC(=S)NC(=O)c2ccccc2Cl)cc1. The standard InChI is InChI=1S/C19H20ClN3O2S/c1-3-12(2)21-17(24)13-8-10-14(11-9-13)22-19(26)23-18(25)15-6-4-5-7-16(15)20/h4-12H,3H2,1-2H3,(H,21,24)(H2,22,23,25,26). The predicted molar refractivity (Wildman–Crippen MR) is 109 cm³/mol. The molecule has 0 aromatic heterocycles. The van der Waals surface area contributed by atoms with Crippen molar-refractivity contribution < 1.29 is 9.59 Å². The molecular weight excluding hydrogens is 370 g/mol. The summed E-state index contributed by atoms with van der Waals surface area (Å²) in [5.41, 5.74) is 1.56. The molecule has 2 amide bonds. The monoisotopic (exact) mass is 389 g/mol. The van der Waals surface area contributed by atoms with Crippen molar-refractivity contribution in [2.24, 2.45) is 0 Å². The molecular formula is C19H20ClN3O2S. The maximum atomic E-state index is 12.2. The molecule has 0 saturated heterocycles. The lowest BCUT2D eigenvalue weighted by atomic mass is 10.1. The Morgan fingerprint density at radius 3 is 2.35 bits per heavy atom. The van der Waals surface area contributed by atoms with Crippen LogP contribution in [0.1, 0.15) is 41.0 Å². The number of hydrogen-bond acceptors (Lipinski definition) is 3. The smallest absolute Gasteiger partial charge is 0.258 e. The van der Waals surface area contributed by atoms with E-state index >= 15 is 0 Å². The molecule has 1 unspecified atom stereocenters. The lowest BCUT2D eigenvalue weighted by Gasteiger charge is -2.12. The minimum atomic E-state index is -0.391. The number of rotatable bonds is 5. The fourth-order valence-corrected chi connectivity index (χ4v) is 2.52. The predicted octanol–water partition coefficient (Wildman–Crippen LogP) is 4.00. The minimum Gasteiger partial charge on any atom is -0.350 e. The van der Waals surface area contributed by atoms with Gasteiger partial charge < -0.3 is 10.6 Å². The Morgan fingerprint density at radius 1 is 1.08 bits per heavy atom. The number of halogens is 1. The molecule has 0 bridgehead atoms. The molecule has 0 saturated carbocycles. The first kappa shape index (κ1) is 19.9. The van der Waals surface area contributed by atoms with Gasteiger partial charge in [-0.1, -0.05) is 30.7 Å². The van der Waals surface area contributed by atoms with Crippen LogP contribution in [0.25, 0.3) is 0 Å². The van der Waals surface area contributed by atoms with E-state index in [1.54, 1.807) is 48.5 Å². The summed E-state index contributed by atoms with van der Waals surface area (Å²) in [7, 11) is 0. The number of thiocarbonyl (C=S) groups is 1. The minimum absolute atomic E-state index is 0.118. The summed E-state index contributed by atoms with van der Waals surface area (Å²) in [6.45, 7) is 3.96. The number of nitrogens with one attached hydrogen (secondary N) is 3. The van der Waals surface area contributed by atoms with Crippen LogP contribution in [0.3, 0.4) is 0 Å². The first-order valence-corrected chi connectivity index (χ1v) is 8.97. The van der Waals surface area contributed by atoms with Crippen molar-refractivity contribution in [1.29, 1.82) is 0 Å². The second-order valence-electron chi connectivity index (χ2n) is 5.75. The van der Waals surface area contributed by atoms with Crippen molar-refractivity contribution in [1.82, 2.24) is 10.6 Å². The van der Waals surface area contributed by atoms with Crippen LogP contribution in [0.15, 0.2) is 48.5 Å². The topological polar surface area (TPSA) is 70.2 Å². The van der Waals surface area contributed by atoms with Crippen LogP contribution < -0.4 is 16.0 Å². The maximum absolute atomic E-state index is 12.2. The Bertz CT molecular complexity index is 809. The summed E-state index contributed by atoms with van der Waals surface area (Å²) in [4.78, 5) is 24.2. The highest BCUT2D eigenvalue weighted by Crippen LogP contribution is 2.15. The van der Waals surface area contributed by atoms with Gasteiger partial charge in [-0.25, -0.2) is 0 Å². The molecule has 0 aliphatic heterocycles. The third-order valence-corrected chi connectivity index (χ3v) is 4.27. The first-order chi connectivity index (χ1) is 12.4. The van der Waals surface area contributed by atoms with E-state index in [-0.39, 0.29) is 17.1 Å². The molecule has 0 radical (unpaired) electrons. The summed E-state index contributed by atoms with van der Waals surface area (Å²) >= 11 is 11.1. The van der Waals surface area contributed by atoms with E-state index in [0.29, 0.717) is 21.8 Å². The van der Waals surface area contributed by atoms with Gasteiger partial charge >= 0.3 is 0 Å². The van der Waals surface area contributed by atoms with Crippen molar-refractivity contribution in [3.8, 4) is 0 Å². The molecule has 136 valence electrons. The van der Waals surface area contributed by atoms with Crippen LogP contribution in [0.2, 0.25) is 5.02 Å².